The number of hydrogen-bond donors (Lipinski definition) is 1. The third kappa shape index (κ3) is 3.52. The lowest BCUT2D eigenvalue weighted by Gasteiger charge is -2.34. The summed E-state index contributed by atoms with van der Waals surface area (Å²) in [7, 11) is 0. The molecular weight excluding hydrogens is 498 g/mol. The summed E-state index contributed by atoms with van der Waals surface area (Å²) in [5.74, 6) is -3.32. The van der Waals surface area contributed by atoms with Crippen molar-refractivity contribution in [1.82, 2.24) is 29.9 Å². The first-order valence-corrected chi connectivity index (χ1v) is 10.9. The maximum Gasteiger partial charge on any atom is 0.317 e. The van der Waals surface area contributed by atoms with Crippen LogP contribution in [0.4, 0.5) is 8.78 Å². The molecule has 0 fully saturated rings. The van der Waals surface area contributed by atoms with Gasteiger partial charge in [0.05, 0.1) is 11.9 Å². The molecule has 3 heterocycles. The van der Waals surface area contributed by atoms with E-state index in [0.717, 1.165) is 0 Å². The number of rotatable bonds is 3. The number of aromatic amines is 1. The number of hydrogen-bond acceptors (Lipinski definition) is 5. The number of carbonyl (C=O) groups excluding carboxylic acids is 1. The molecule has 2 aromatic heterocycles. The third-order valence-corrected chi connectivity index (χ3v) is 6.39. The molecule has 0 saturated carbocycles. The Morgan fingerprint density at radius 3 is 2.70 bits per heavy atom. The first kappa shape index (κ1) is 21.4. The third-order valence-electron chi connectivity index (χ3n) is 5.80. The van der Waals surface area contributed by atoms with Gasteiger partial charge in [-0.3, -0.25) is 9.59 Å². The molecule has 0 bridgehead atoms. The highest BCUT2D eigenvalue weighted by Crippen LogP contribution is 2.37. The van der Waals surface area contributed by atoms with Crippen molar-refractivity contribution in [3.05, 3.63) is 86.3 Å². The Balaban J connectivity index is 1.52. The predicted octanol–water partition coefficient (Wildman–Crippen LogP) is 3.46. The molecule has 1 aliphatic rings. The lowest BCUT2D eigenvalue weighted by Crippen LogP contribution is -2.45. The molecule has 0 radical (unpaired) electrons. The number of H-pyrrole nitrogens is 1. The number of benzene rings is 2. The zero-order valence-corrected chi connectivity index (χ0v) is 18.9. The van der Waals surface area contributed by atoms with Crippen molar-refractivity contribution in [3.63, 3.8) is 0 Å². The minimum absolute atomic E-state index is 0.0533. The fourth-order valence-corrected chi connectivity index (χ4v) is 4.49. The van der Waals surface area contributed by atoms with Gasteiger partial charge in [-0.15, -0.1) is 10.2 Å². The second kappa shape index (κ2) is 7.84. The van der Waals surface area contributed by atoms with Gasteiger partial charge in [-0.05, 0) is 41.1 Å². The van der Waals surface area contributed by atoms with Crippen molar-refractivity contribution in [2.24, 2.45) is 0 Å². The Labute approximate surface area is 194 Å². The molecule has 11 heteroatoms. The maximum absolute atomic E-state index is 15.6. The Morgan fingerprint density at radius 1 is 1.15 bits per heavy atom. The fourth-order valence-electron chi connectivity index (χ4n) is 4.06. The van der Waals surface area contributed by atoms with Gasteiger partial charge in [0.15, 0.2) is 10.6 Å². The fraction of sp³-hybridized carbons (Fsp3) is 0.227. The van der Waals surface area contributed by atoms with E-state index in [9.17, 15) is 9.59 Å². The molecule has 0 saturated heterocycles. The van der Waals surface area contributed by atoms with Crippen LogP contribution in [0.25, 0.3) is 10.8 Å². The molecule has 0 unspecified atom stereocenters. The quantitative estimate of drug-likeness (QED) is 0.451. The number of nitrogens with one attached hydrogen (secondary N) is 1. The zero-order valence-electron chi connectivity index (χ0n) is 17.3. The van der Waals surface area contributed by atoms with Crippen LogP contribution in [-0.4, -0.2) is 41.8 Å². The van der Waals surface area contributed by atoms with Crippen LogP contribution in [0.2, 0.25) is 0 Å². The van der Waals surface area contributed by atoms with Gasteiger partial charge in [0.1, 0.15) is 5.69 Å². The van der Waals surface area contributed by atoms with Gasteiger partial charge in [0, 0.05) is 29.1 Å². The van der Waals surface area contributed by atoms with Crippen molar-refractivity contribution >= 4 is 32.6 Å². The van der Waals surface area contributed by atoms with Crippen LogP contribution in [0, 0.1) is 0 Å². The summed E-state index contributed by atoms with van der Waals surface area (Å²) in [5.41, 5.74) is -1.40. The minimum Gasteiger partial charge on any atom is -0.327 e. The number of aromatic nitrogens is 5. The highest BCUT2D eigenvalue weighted by atomic mass is 79.9. The molecule has 168 valence electrons. The predicted molar refractivity (Wildman–Crippen MR) is 119 cm³/mol. The molecule has 2 aromatic carbocycles. The molecule has 0 spiro atoms. The van der Waals surface area contributed by atoms with E-state index in [1.165, 1.54) is 36.4 Å². The Hall–Kier alpha value is -3.47. The van der Waals surface area contributed by atoms with Crippen LogP contribution in [0.1, 0.15) is 34.4 Å². The van der Waals surface area contributed by atoms with Crippen LogP contribution < -0.4 is 5.56 Å². The molecule has 33 heavy (non-hydrogen) atoms. The Bertz CT molecular complexity index is 1450. The number of alkyl halides is 2. The van der Waals surface area contributed by atoms with Gasteiger partial charge in [0.2, 0.25) is 0 Å². The average Bonchev–Trinajstić information content (AvgIpc) is 3.18. The van der Waals surface area contributed by atoms with Gasteiger partial charge in [-0.1, -0.05) is 30.3 Å². The van der Waals surface area contributed by atoms with E-state index in [4.69, 9.17) is 0 Å². The molecule has 4 aromatic rings. The molecule has 1 N–H and O–H groups in total. The summed E-state index contributed by atoms with van der Waals surface area (Å²) >= 11 is 3.33. The van der Waals surface area contributed by atoms with E-state index in [1.54, 1.807) is 17.0 Å². The number of carbonyl (C=O) groups is 1. The van der Waals surface area contributed by atoms with Gasteiger partial charge >= 0.3 is 5.92 Å². The van der Waals surface area contributed by atoms with Crippen LogP contribution in [0.5, 0.6) is 0 Å². The minimum atomic E-state index is -3.54. The molecule has 0 aliphatic carbocycles. The molecule has 1 amide bonds. The normalized spacial score (nSPS) is 16.1. The lowest BCUT2D eigenvalue weighted by molar-refractivity contribution is 0.0386. The standard InChI is InChI=1S/C22H17BrF2N6O2/c1-12-10-31-17(26-29-21(31)23)11-30(12)20(33)13-5-4-6-14(9-13)22(24,25)18-15-7-2-3-8-16(15)19(32)28-27-18/h2-9,12H,10-11H2,1H3,(H,28,32)/t12-/m0/s1. The maximum atomic E-state index is 15.6. The summed E-state index contributed by atoms with van der Waals surface area (Å²) in [4.78, 5) is 26.8. The zero-order chi connectivity index (χ0) is 23.3. The second-order valence-electron chi connectivity index (χ2n) is 7.88. The average molecular weight is 515 g/mol. The van der Waals surface area contributed by atoms with Crippen molar-refractivity contribution in [3.8, 4) is 0 Å². The molecule has 8 nitrogen and oxygen atoms in total. The van der Waals surface area contributed by atoms with Gasteiger partial charge in [0.25, 0.3) is 11.5 Å². The first-order valence-electron chi connectivity index (χ1n) is 10.1. The van der Waals surface area contributed by atoms with Crippen molar-refractivity contribution in [2.75, 3.05) is 0 Å². The topological polar surface area (TPSA) is 96.8 Å². The van der Waals surface area contributed by atoms with Crippen molar-refractivity contribution in [1.29, 1.82) is 0 Å². The van der Waals surface area contributed by atoms with Crippen LogP contribution in [0.3, 0.4) is 0 Å². The van der Waals surface area contributed by atoms with Gasteiger partial charge in [-0.25, -0.2) is 5.10 Å². The van der Waals surface area contributed by atoms with E-state index in [1.807, 2.05) is 11.5 Å². The second-order valence-corrected chi connectivity index (χ2v) is 8.59. The SMILES string of the molecule is C[C@H]1Cn2c(Br)nnc2CN1C(=O)c1cccc(C(F)(F)c2n[nH]c(=O)c3ccccc23)c1. The van der Waals surface area contributed by atoms with Gasteiger partial charge < -0.3 is 9.47 Å². The molecule has 1 aliphatic heterocycles. The monoisotopic (exact) mass is 514 g/mol. The van der Waals surface area contributed by atoms with Crippen molar-refractivity contribution in [2.45, 2.75) is 32.0 Å². The van der Waals surface area contributed by atoms with Gasteiger partial charge in [-0.2, -0.15) is 13.9 Å². The first-order chi connectivity index (χ1) is 15.8. The summed E-state index contributed by atoms with van der Waals surface area (Å²) in [6, 6.07) is 11.2. The number of nitrogens with zero attached hydrogens (tertiary/aromatic N) is 5. The van der Waals surface area contributed by atoms with Crippen LogP contribution in [-0.2, 0) is 19.0 Å². The largest absolute Gasteiger partial charge is 0.327 e. The van der Waals surface area contributed by atoms with Crippen LogP contribution >= 0.6 is 15.9 Å². The summed E-state index contributed by atoms with van der Waals surface area (Å²) < 4.78 is 33.6. The van der Waals surface area contributed by atoms with E-state index >= 15 is 8.78 Å². The number of fused-ring (bicyclic) bond motifs is 2. The number of halogens is 3. The highest BCUT2D eigenvalue weighted by molar-refractivity contribution is 9.10. The molecule has 5 rings (SSSR count). The lowest BCUT2D eigenvalue weighted by atomic mass is 9.98. The Kier molecular flexibility index (Phi) is 5.08. The molecule has 1 atom stereocenters. The summed E-state index contributed by atoms with van der Waals surface area (Å²) in [6.45, 7) is 2.57. The Morgan fingerprint density at radius 2 is 1.91 bits per heavy atom. The highest BCUT2D eigenvalue weighted by Gasteiger charge is 2.39. The smallest absolute Gasteiger partial charge is 0.317 e. The van der Waals surface area contributed by atoms with E-state index in [-0.39, 0.29) is 34.8 Å². The van der Waals surface area contributed by atoms with E-state index in [0.29, 0.717) is 17.1 Å². The summed E-state index contributed by atoms with van der Waals surface area (Å²) in [5, 5.41) is 14.0. The van der Waals surface area contributed by atoms with E-state index in [2.05, 4.69) is 36.3 Å². The molecular formula is C22H17BrF2N6O2. The van der Waals surface area contributed by atoms with E-state index < -0.39 is 22.7 Å². The summed E-state index contributed by atoms with van der Waals surface area (Å²) in [6.07, 6.45) is 0. The number of amides is 1. The van der Waals surface area contributed by atoms with Crippen molar-refractivity contribution < 1.29 is 13.6 Å². The van der Waals surface area contributed by atoms with Crippen LogP contribution in [0.15, 0.2) is 58.1 Å².